The number of carbonyl (C=O) groups excluding carboxylic acids is 2. The van der Waals surface area contributed by atoms with Gasteiger partial charge in [0.25, 0.3) is 17.4 Å². The van der Waals surface area contributed by atoms with Gasteiger partial charge in [0.05, 0.1) is 37.3 Å². The van der Waals surface area contributed by atoms with Crippen LogP contribution in [0.2, 0.25) is 0 Å². The molecule has 0 saturated carbocycles. The average Bonchev–Trinajstić information content (AvgIpc) is 2.92. The minimum atomic E-state index is -0.177. The number of imide groups is 1. The molecule has 1 N–H and O–H groups in total. The SMILES string of the molecule is O=C1c2ccccc2C(=O)N1CC[NH+]1C[C@H]2C[C@@H](C1)c1cccc(=O)n1C2. The predicted molar refractivity (Wildman–Crippen MR) is 98.9 cm³/mol. The second kappa shape index (κ2) is 6.16. The first kappa shape index (κ1) is 16.4. The molecule has 1 aromatic carbocycles. The van der Waals surface area contributed by atoms with Crippen LogP contribution >= 0.6 is 0 Å². The highest BCUT2D eigenvalue weighted by atomic mass is 16.2. The van der Waals surface area contributed by atoms with Crippen molar-refractivity contribution in [1.29, 1.82) is 0 Å². The maximum atomic E-state index is 12.5. The van der Waals surface area contributed by atoms with Gasteiger partial charge >= 0.3 is 0 Å². The highest BCUT2D eigenvalue weighted by Crippen LogP contribution is 2.30. The molecule has 3 aliphatic rings. The summed E-state index contributed by atoms with van der Waals surface area (Å²) in [5, 5.41) is 0. The molecule has 3 aliphatic heterocycles. The zero-order chi connectivity index (χ0) is 18.5. The zero-order valence-corrected chi connectivity index (χ0v) is 15.1. The molecule has 2 aromatic rings. The monoisotopic (exact) mass is 364 g/mol. The summed E-state index contributed by atoms with van der Waals surface area (Å²) in [5.41, 5.74) is 2.26. The van der Waals surface area contributed by atoms with Crippen molar-refractivity contribution in [3.8, 4) is 0 Å². The quantitative estimate of drug-likeness (QED) is 0.789. The van der Waals surface area contributed by atoms with Gasteiger partial charge < -0.3 is 9.47 Å². The van der Waals surface area contributed by atoms with Crippen LogP contribution in [0.15, 0.2) is 47.3 Å². The van der Waals surface area contributed by atoms with Crippen molar-refractivity contribution in [3.63, 3.8) is 0 Å². The largest absolute Gasteiger partial charge is 0.333 e. The summed E-state index contributed by atoms with van der Waals surface area (Å²) < 4.78 is 1.93. The molecule has 1 unspecified atom stereocenters. The molecule has 6 heteroatoms. The second-order valence-electron chi connectivity index (χ2n) is 7.91. The molecule has 27 heavy (non-hydrogen) atoms. The Morgan fingerprint density at radius 1 is 0.926 bits per heavy atom. The minimum Gasteiger partial charge on any atom is -0.333 e. The van der Waals surface area contributed by atoms with Gasteiger partial charge in [-0.15, -0.1) is 0 Å². The van der Waals surface area contributed by atoms with E-state index in [4.69, 9.17) is 0 Å². The van der Waals surface area contributed by atoms with Gasteiger partial charge in [0.2, 0.25) is 0 Å². The number of fused-ring (bicyclic) bond motifs is 5. The van der Waals surface area contributed by atoms with E-state index in [1.807, 2.05) is 10.6 Å². The number of nitrogens with one attached hydrogen (secondary N) is 1. The third-order valence-corrected chi connectivity index (χ3v) is 6.24. The van der Waals surface area contributed by atoms with E-state index in [2.05, 4.69) is 6.07 Å². The van der Waals surface area contributed by atoms with Crippen LogP contribution in [0.1, 0.15) is 38.7 Å². The first-order valence-electron chi connectivity index (χ1n) is 9.60. The fraction of sp³-hybridized carbons (Fsp3) is 0.381. The standard InChI is InChI=1S/C21H21N3O3/c25-19-7-3-6-18-15-10-14(12-24(18)19)11-22(13-15)8-9-23-20(26)16-4-1-2-5-17(16)21(23)27/h1-7,14-15H,8-13H2/p+1/t14-,15+/m1/s1. The first-order chi connectivity index (χ1) is 13.1. The van der Waals surface area contributed by atoms with Crippen LogP contribution in [0.4, 0.5) is 0 Å². The van der Waals surface area contributed by atoms with Gasteiger partial charge in [0.15, 0.2) is 0 Å². The summed E-state index contributed by atoms with van der Waals surface area (Å²) >= 11 is 0. The number of carbonyl (C=O) groups is 2. The Hall–Kier alpha value is -2.73. The van der Waals surface area contributed by atoms with E-state index >= 15 is 0 Å². The van der Waals surface area contributed by atoms with E-state index in [0.717, 1.165) is 38.3 Å². The highest BCUT2D eigenvalue weighted by Gasteiger charge is 2.39. The van der Waals surface area contributed by atoms with Crippen LogP contribution in [0.3, 0.4) is 0 Å². The summed E-state index contributed by atoms with van der Waals surface area (Å²) in [4.78, 5) is 40.0. The van der Waals surface area contributed by atoms with Gasteiger partial charge in [-0.25, -0.2) is 0 Å². The lowest BCUT2D eigenvalue weighted by molar-refractivity contribution is -0.910. The predicted octanol–water partition coefficient (Wildman–Crippen LogP) is 0.146. The Balaban J connectivity index is 1.30. The maximum absolute atomic E-state index is 12.5. The molecule has 0 spiro atoms. The van der Waals surface area contributed by atoms with Crippen LogP contribution in [0.25, 0.3) is 0 Å². The number of quaternary nitrogens is 1. The Morgan fingerprint density at radius 3 is 2.41 bits per heavy atom. The summed E-state index contributed by atoms with van der Waals surface area (Å²) in [7, 11) is 0. The number of nitrogens with zero attached hydrogens (tertiary/aromatic N) is 2. The molecule has 6 nitrogen and oxygen atoms in total. The summed E-state index contributed by atoms with van der Waals surface area (Å²) in [5.74, 6) is 0.505. The van der Waals surface area contributed by atoms with Crippen LogP contribution < -0.4 is 10.5 Å². The Labute approximate surface area is 157 Å². The molecule has 1 saturated heterocycles. The molecule has 1 fully saturated rings. The topological polar surface area (TPSA) is 63.8 Å². The molecule has 2 bridgehead atoms. The summed E-state index contributed by atoms with van der Waals surface area (Å²) in [6, 6.07) is 12.6. The normalized spacial score (nSPS) is 26.1. The van der Waals surface area contributed by atoms with Crippen molar-refractivity contribution >= 4 is 11.8 Å². The average molecular weight is 364 g/mol. The number of likely N-dealkylation sites (tertiary alicyclic amines) is 1. The summed E-state index contributed by atoms with van der Waals surface area (Å²) in [6.07, 6.45) is 1.12. The molecule has 2 amide bonds. The molecular weight excluding hydrogens is 342 g/mol. The zero-order valence-electron chi connectivity index (χ0n) is 15.1. The lowest BCUT2D eigenvalue weighted by atomic mass is 9.83. The smallest absolute Gasteiger partial charge is 0.261 e. The third kappa shape index (κ3) is 2.63. The van der Waals surface area contributed by atoms with Crippen molar-refractivity contribution in [1.82, 2.24) is 9.47 Å². The van der Waals surface area contributed by atoms with E-state index in [-0.39, 0.29) is 17.4 Å². The summed E-state index contributed by atoms with van der Waals surface area (Å²) in [6.45, 7) is 3.92. The number of aromatic nitrogens is 1. The number of hydrogen-bond acceptors (Lipinski definition) is 3. The van der Waals surface area contributed by atoms with E-state index in [0.29, 0.717) is 29.5 Å². The molecule has 3 atom stereocenters. The van der Waals surface area contributed by atoms with Crippen molar-refractivity contribution < 1.29 is 14.5 Å². The number of amides is 2. The van der Waals surface area contributed by atoms with Crippen LogP contribution in [0, 0.1) is 5.92 Å². The minimum absolute atomic E-state index is 0.0941. The van der Waals surface area contributed by atoms with Gasteiger partial charge in [-0.05, 0) is 24.6 Å². The van der Waals surface area contributed by atoms with Gasteiger partial charge in [0.1, 0.15) is 0 Å². The molecular formula is C21H22N3O3+. The lowest BCUT2D eigenvalue weighted by Crippen LogP contribution is -3.15. The molecule has 138 valence electrons. The number of pyridine rings is 1. The van der Waals surface area contributed by atoms with Crippen molar-refractivity contribution in [2.24, 2.45) is 5.92 Å². The van der Waals surface area contributed by atoms with E-state index in [9.17, 15) is 14.4 Å². The number of rotatable bonds is 3. The van der Waals surface area contributed by atoms with Gasteiger partial charge in [-0.3, -0.25) is 19.3 Å². The maximum Gasteiger partial charge on any atom is 0.261 e. The Bertz CT molecular complexity index is 961. The number of piperidine rings is 1. The number of hydrogen-bond donors (Lipinski definition) is 1. The fourth-order valence-corrected chi connectivity index (χ4v) is 5.04. The van der Waals surface area contributed by atoms with Crippen LogP contribution in [0.5, 0.6) is 0 Å². The Morgan fingerprint density at radius 2 is 1.67 bits per heavy atom. The molecule has 0 radical (unpaired) electrons. The third-order valence-electron chi connectivity index (χ3n) is 6.24. The Kier molecular flexibility index (Phi) is 3.75. The molecule has 0 aliphatic carbocycles. The van der Waals surface area contributed by atoms with E-state index in [1.54, 1.807) is 30.3 Å². The van der Waals surface area contributed by atoms with Crippen molar-refractivity contribution in [2.45, 2.75) is 18.9 Å². The van der Waals surface area contributed by atoms with Crippen LogP contribution in [-0.4, -0.2) is 47.5 Å². The highest BCUT2D eigenvalue weighted by molar-refractivity contribution is 6.21. The van der Waals surface area contributed by atoms with Gasteiger partial charge in [-0.1, -0.05) is 18.2 Å². The number of benzene rings is 1. The van der Waals surface area contributed by atoms with E-state index < -0.39 is 0 Å². The van der Waals surface area contributed by atoms with Gasteiger partial charge in [0, 0.05) is 30.1 Å². The fourth-order valence-electron chi connectivity index (χ4n) is 5.04. The van der Waals surface area contributed by atoms with E-state index in [1.165, 1.54) is 9.80 Å². The first-order valence-corrected chi connectivity index (χ1v) is 9.60. The molecule has 5 rings (SSSR count). The second-order valence-corrected chi connectivity index (χ2v) is 7.91. The van der Waals surface area contributed by atoms with Crippen molar-refractivity contribution in [3.05, 3.63) is 69.6 Å². The molecule has 4 heterocycles. The van der Waals surface area contributed by atoms with Crippen LogP contribution in [-0.2, 0) is 6.54 Å². The van der Waals surface area contributed by atoms with Crippen molar-refractivity contribution in [2.75, 3.05) is 26.2 Å². The lowest BCUT2D eigenvalue weighted by Gasteiger charge is -2.40. The van der Waals surface area contributed by atoms with Gasteiger partial charge in [-0.2, -0.15) is 0 Å². The molecule has 1 aromatic heterocycles.